The van der Waals surface area contributed by atoms with Crippen molar-refractivity contribution in [2.75, 3.05) is 40.0 Å². The Hall–Kier alpha value is -3.18. The van der Waals surface area contributed by atoms with Crippen molar-refractivity contribution in [2.24, 2.45) is 23.1 Å². The van der Waals surface area contributed by atoms with E-state index in [2.05, 4.69) is 31.9 Å². The minimum absolute atomic E-state index is 0.00950. The SMILES string of the molecule is CCCCC(N)C(=O)OCC(=O)NC(CC(C)C)C(=O)NC(CCCNCNC)C(=O)NC(CCCCN)C(=O)NC(C=O)CCCN. The van der Waals surface area contributed by atoms with E-state index < -0.39 is 66.4 Å². The Kier molecular flexibility index (Phi) is 25.9. The van der Waals surface area contributed by atoms with Crippen LogP contribution in [0.3, 0.4) is 0 Å². The first-order chi connectivity index (χ1) is 22.9. The van der Waals surface area contributed by atoms with Gasteiger partial charge >= 0.3 is 5.97 Å². The molecule has 0 saturated carbocycles. The zero-order chi connectivity index (χ0) is 36.3. The fourth-order valence-electron chi connectivity index (χ4n) is 4.74. The predicted molar refractivity (Wildman–Crippen MR) is 184 cm³/mol. The molecule has 0 bridgehead atoms. The molecule has 0 aromatic carbocycles. The molecule has 5 unspecified atom stereocenters. The Morgan fingerprint density at radius 2 is 1.35 bits per heavy atom. The van der Waals surface area contributed by atoms with Crippen molar-refractivity contribution in [3.8, 4) is 0 Å². The van der Waals surface area contributed by atoms with Gasteiger partial charge in [0, 0.05) is 6.67 Å². The fourth-order valence-corrected chi connectivity index (χ4v) is 4.74. The summed E-state index contributed by atoms with van der Waals surface area (Å²) < 4.78 is 5.06. The van der Waals surface area contributed by atoms with E-state index in [0.717, 1.165) is 12.8 Å². The van der Waals surface area contributed by atoms with E-state index in [1.54, 1.807) is 7.05 Å². The van der Waals surface area contributed by atoms with Crippen molar-refractivity contribution in [1.29, 1.82) is 0 Å². The van der Waals surface area contributed by atoms with Crippen molar-refractivity contribution >= 4 is 35.9 Å². The van der Waals surface area contributed by atoms with Gasteiger partial charge in [-0.05, 0) is 90.4 Å². The molecular weight excluding hydrogens is 622 g/mol. The van der Waals surface area contributed by atoms with Gasteiger partial charge in [0.1, 0.15) is 30.5 Å². The molecule has 0 aliphatic carbocycles. The van der Waals surface area contributed by atoms with Crippen LogP contribution < -0.4 is 49.1 Å². The van der Waals surface area contributed by atoms with Gasteiger partial charge in [0.05, 0.1) is 6.04 Å². The van der Waals surface area contributed by atoms with Crippen LogP contribution in [0.25, 0.3) is 0 Å². The molecule has 16 heteroatoms. The topological polar surface area (TPSA) is 262 Å². The van der Waals surface area contributed by atoms with Crippen LogP contribution in [0.2, 0.25) is 0 Å². The lowest BCUT2D eigenvalue weighted by molar-refractivity contribution is -0.150. The lowest BCUT2D eigenvalue weighted by Gasteiger charge is -2.26. The van der Waals surface area contributed by atoms with E-state index in [0.29, 0.717) is 71.1 Å². The largest absolute Gasteiger partial charge is 0.454 e. The van der Waals surface area contributed by atoms with Gasteiger partial charge in [-0.3, -0.25) is 24.0 Å². The number of aldehydes is 1. The van der Waals surface area contributed by atoms with E-state index in [4.69, 9.17) is 21.9 Å². The van der Waals surface area contributed by atoms with Crippen molar-refractivity contribution in [3.63, 3.8) is 0 Å². The number of nitrogens with two attached hydrogens (primary N) is 3. The van der Waals surface area contributed by atoms with Gasteiger partial charge in [-0.15, -0.1) is 0 Å². The van der Waals surface area contributed by atoms with Gasteiger partial charge in [0.25, 0.3) is 5.91 Å². The number of hydrogen-bond donors (Lipinski definition) is 9. The molecule has 0 aliphatic rings. The zero-order valence-electron chi connectivity index (χ0n) is 29.4. The third-order valence-electron chi connectivity index (χ3n) is 7.45. The smallest absolute Gasteiger partial charge is 0.323 e. The molecule has 0 heterocycles. The Morgan fingerprint density at radius 3 is 1.92 bits per heavy atom. The molecule has 0 aromatic rings. The highest BCUT2D eigenvalue weighted by molar-refractivity contribution is 5.95. The number of esters is 1. The van der Waals surface area contributed by atoms with Gasteiger partial charge < -0.3 is 58.6 Å². The van der Waals surface area contributed by atoms with Crippen molar-refractivity contribution in [1.82, 2.24) is 31.9 Å². The first-order valence-electron chi connectivity index (χ1n) is 17.3. The van der Waals surface area contributed by atoms with E-state index in [1.165, 1.54) is 0 Å². The van der Waals surface area contributed by atoms with Gasteiger partial charge in [-0.1, -0.05) is 33.6 Å². The summed E-state index contributed by atoms with van der Waals surface area (Å²) in [6.45, 7) is 6.97. The van der Waals surface area contributed by atoms with Crippen LogP contribution in [0.4, 0.5) is 0 Å². The number of amides is 4. The van der Waals surface area contributed by atoms with E-state index >= 15 is 0 Å². The molecule has 5 atom stereocenters. The molecule has 0 rings (SSSR count). The Labute approximate surface area is 285 Å². The molecule has 0 radical (unpaired) electrons. The van der Waals surface area contributed by atoms with Crippen LogP contribution in [-0.2, 0) is 33.5 Å². The summed E-state index contributed by atoms with van der Waals surface area (Å²) in [7, 11) is 1.79. The maximum absolute atomic E-state index is 13.7. The lowest BCUT2D eigenvalue weighted by Crippen LogP contribution is -2.57. The number of ether oxygens (including phenoxy) is 1. The molecule has 16 nitrogen and oxygen atoms in total. The van der Waals surface area contributed by atoms with Gasteiger partial charge in [-0.25, -0.2) is 0 Å². The van der Waals surface area contributed by atoms with Gasteiger partial charge in [0.15, 0.2) is 6.61 Å². The lowest BCUT2D eigenvalue weighted by atomic mass is 10.0. The maximum atomic E-state index is 13.7. The summed E-state index contributed by atoms with van der Waals surface area (Å²) in [6, 6.07) is -4.64. The van der Waals surface area contributed by atoms with Crippen molar-refractivity contribution in [2.45, 2.75) is 122 Å². The summed E-state index contributed by atoms with van der Waals surface area (Å²) >= 11 is 0. The van der Waals surface area contributed by atoms with Crippen molar-refractivity contribution < 1.29 is 33.5 Å². The Bertz CT molecular complexity index is 955. The van der Waals surface area contributed by atoms with Crippen LogP contribution in [-0.4, -0.2) is 106 Å². The highest BCUT2D eigenvalue weighted by Crippen LogP contribution is 2.09. The van der Waals surface area contributed by atoms with Crippen LogP contribution in [0, 0.1) is 5.92 Å². The number of unbranched alkanes of at least 4 members (excludes halogenated alkanes) is 2. The van der Waals surface area contributed by atoms with Crippen LogP contribution in [0.15, 0.2) is 0 Å². The third-order valence-corrected chi connectivity index (χ3v) is 7.45. The van der Waals surface area contributed by atoms with Crippen molar-refractivity contribution in [3.05, 3.63) is 0 Å². The summed E-state index contributed by atoms with van der Waals surface area (Å²) in [6.07, 6.45) is 6.00. The average molecular weight is 686 g/mol. The Balaban J connectivity index is 5.82. The van der Waals surface area contributed by atoms with Crippen LogP contribution >= 0.6 is 0 Å². The maximum Gasteiger partial charge on any atom is 0.323 e. The van der Waals surface area contributed by atoms with Crippen LogP contribution in [0.5, 0.6) is 0 Å². The molecule has 4 amide bonds. The standard InChI is InChI=1S/C32H63N9O7/c1-5-6-12-24(35)32(47)48-20-28(43)39-27(18-22(2)3)31(46)41-26(14-10-17-37-21-36-4)30(45)40-25(13-7-8-15-33)29(44)38-23(19-42)11-9-16-34/h19,22-27,36-37H,5-18,20-21,33-35H2,1-4H3,(H,38,44)(H,39,43)(H,40,45)(H,41,46). The molecule has 0 fully saturated rings. The number of carbonyl (C=O) groups is 6. The third kappa shape index (κ3) is 20.9. The van der Waals surface area contributed by atoms with Crippen LogP contribution in [0.1, 0.15) is 91.4 Å². The van der Waals surface area contributed by atoms with E-state index in [1.807, 2.05) is 20.8 Å². The minimum Gasteiger partial charge on any atom is -0.454 e. The molecule has 0 spiro atoms. The number of hydrogen-bond acceptors (Lipinski definition) is 12. The first kappa shape index (κ1) is 44.8. The van der Waals surface area contributed by atoms with Gasteiger partial charge in [0.2, 0.25) is 17.7 Å². The fraction of sp³-hybridized carbons (Fsp3) is 0.812. The molecular formula is C32H63N9O7. The van der Waals surface area contributed by atoms with E-state index in [9.17, 15) is 28.8 Å². The quantitative estimate of drug-likeness (QED) is 0.0192. The summed E-state index contributed by atoms with van der Waals surface area (Å²) in [5, 5.41) is 16.9. The second-order valence-corrected chi connectivity index (χ2v) is 12.4. The minimum atomic E-state index is -1.04. The molecule has 0 aromatic heterocycles. The second kappa shape index (κ2) is 27.7. The second-order valence-electron chi connectivity index (χ2n) is 12.4. The zero-order valence-corrected chi connectivity index (χ0v) is 29.4. The Morgan fingerprint density at radius 1 is 0.750 bits per heavy atom. The highest BCUT2D eigenvalue weighted by Gasteiger charge is 2.30. The predicted octanol–water partition coefficient (Wildman–Crippen LogP) is -1.35. The summed E-state index contributed by atoms with van der Waals surface area (Å²) in [4.78, 5) is 76.8. The molecule has 12 N–H and O–H groups in total. The summed E-state index contributed by atoms with van der Waals surface area (Å²) in [5.74, 6) is -3.10. The molecule has 0 aliphatic heterocycles. The molecule has 278 valence electrons. The first-order valence-corrected chi connectivity index (χ1v) is 17.3. The number of rotatable bonds is 29. The van der Waals surface area contributed by atoms with Gasteiger partial charge in [-0.2, -0.15) is 0 Å². The number of nitrogens with one attached hydrogen (secondary N) is 6. The number of carbonyl (C=O) groups excluding carboxylic acids is 6. The monoisotopic (exact) mass is 685 g/mol. The highest BCUT2D eigenvalue weighted by atomic mass is 16.5. The van der Waals surface area contributed by atoms with E-state index in [-0.39, 0.29) is 25.2 Å². The average Bonchev–Trinajstić information content (AvgIpc) is 3.05. The normalized spacial score (nSPS) is 14.2. The molecule has 0 saturated heterocycles. The summed E-state index contributed by atoms with van der Waals surface area (Å²) in [5.41, 5.74) is 17.0. The molecule has 48 heavy (non-hydrogen) atoms.